The number of likely N-dealkylation sites (N-methyl/N-ethyl adjacent to an activating group) is 1. The summed E-state index contributed by atoms with van der Waals surface area (Å²) in [5.41, 5.74) is 0. The zero-order valence-corrected chi connectivity index (χ0v) is 12.2. The maximum absolute atomic E-state index is 12.5. The highest BCUT2D eigenvalue weighted by molar-refractivity contribution is 5.84. The van der Waals surface area contributed by atoms with E-state index < -0.39 is 0 Å². The molecule has 1 amide bonds. The number of rotatable bonds is 7. The summed E-state index contributed by atoms with van der Waals surface area (Å²) in [4.78, 5) is 25.8. The Kier molecular flexibility index (Phi) is 6.78. The van der Waals surface area contributed by atoms with Gasteiger partial charge in [-0.2, -0.15) is 0 Å². The van der Waals surface area contributed by atoms with Crippen molar-refractivity contribution < 1.29 is 9.59 Å². The molecule has 0 saturated heterocycles. The van der Waals surface area contributed by atoms with Crippen molar-refractivity contribution >= 4 is 11.7 Å². The molecule has 0 heterocycles. The molecule has 19 heavy (non-hydrogen) atoms. The Morgan fingerprint density at radius 2 is 2.00 bits per heavy atom. The van der Waals surface area contributed by atoms with E-state index in [1.165, 1.54) is 6.42 Å². The van der Waals surface area contributed by atoms with Gasteiger partial charge in [-0.15, -0.1) is 6.58 Å². The van der Waals surface area contributed by atoms with Crippen molar-refractivity contribution in [2.24, 2.45) is 5.92 Å². The van der Waals surface area contributed by atoms with E-state index in [2.05, 4.69) is 11.9 Å². The molecule has 0 unspecified atom stereocenters. The lowest BCUT2D eigenvalue weighted by atomic mass is 9.88. The third-order valence-corrected chi connectivity index (χ3v) is 3.86. The van der Waals surface area contributed by atoms with Gasteiger partial charge in [0.25, 0.3) is 0 Å². The Bertz CT molecular complexity index is 322. The average molecular weight is 266 g/mol. The second-order valence-electron chi connectivity index (χ2n) is 5.32. The summed E-state index contributed by atoms with van der Waals surface area (Å²) in [6.45, 7) is 6.21. The van der Waals surface area contributed by atoms with Crippen LogP contribution in [0.25, 0.3) is 0 Å². The van der Waals surface area contributed by atoms with Crippen molar-refractivity contribution in [2.75, 3.05) is 20.1 Å². The Hall–Kier alpha value is -1.16. The maximum Gasteiger partial charge on any atom is 0.226 e. The van der Waals surface area contributed by atoms with Gasteiger partial charge in [-0.05, 0) is 26.8 Å². The monoisotopic (exact) mass is 266 g/mol. The van der Waals surface area contributed by atoms with Crippen molar-refractivity contribution in [3.05, 3.63) is 12.7 Å². The molecule has 0 radical (unpaired) electrons. The van der Waals surface area contributed by atoms with Gasteiger partial charge in [-0.25, -0.2) is 0 Å². The first-order chi connectivity index (χ1) is 9.10. The van der Waals surface area contributed by atoms with E-state index in [1.807, 2.05) is 0 Å². The third-order valence-electron chi connectivity index (χ3n) is 3.86. The Labute approximate surface area is 116 Å². The molecule has 1 fully saturated rings. The Balaban J connectivity index is 2.66. The number of nitrogens with zero attached hydrogens (tertiary/aromatic N) is 1. The number of hydrogen-bond donors (Lipinski definition) is 1. The van der Waals surface area contributed by atoms with Crippen molar-refractivity contribution in [3.8, 4) is 0 Å². The first-order valence-electron chi connectivity index (χ1n) is 7.17. The predicted octanol–water partition coefficient (Wildman–Crippen LogP) is 1.76. The lowest BCUT2D eigenvalue weighted by Gasteiger charge is -2.30. The topological polar surface area (TPSA) is 49.4 Å². The van der Waals surface area contributed by atoms with Gasteiger partial charge < -0.3 is 10.2 Å². The zero-order valence-electron chi connectivity index (χ0n) is 12.2. The van der Waals surface area contributed by atoms with Crippen LogP contribution in [0.2, 0.25) is 0 Å². The fourth-order valence-electron chi connectivity index (χ4n) is 2.66. The summed E-state index contributed by atoms with van der Waals surface area (Å²) in [6.07, 6.45) is 7.21. The van der Waals surface area contributed by atoms with Crippen LogP contribution in [-0.4, -0.2) is 42.8 Å². The van der Waals surface area contributed by atoms with Crippen LogP contribution in [0.1, 0.15) is 39.0 Å². The van der Waals surface area contributed by atoms with Crippen LogP contribution in [0.15, 0.2) is 12.7 Å². The van der Waals surface area contributed by atoms with Crippen LogP contribution < -0.4 is 5.32 Å². The quantitative estimate of drug-likeness (QED) is 0.714. The second-order valence-corrected chi connectivity index (χ2v) is 5.32. The number of carbonyl (C=O) groups is 2. The molecule has 1 rings (SSSR count). The van der Waals surface area contributed by atoms with Crippen LogP contribution in [-0.2, 0) is 9.59 Å². The van der Waals surface area contributed by atoms with Gasteiger partial charge in [0.2, 0.25) is 5.91 Å². The number of amides is 1. The van der Waals surface area contributed by atoms with E-state index in [0.717, 1.165) is 25.7 Å². The molecular formula is C15H26N2O2. The summed E-state index contributed by atoms with van der Waals surface area (Å²) in [5, 5.41) is 2.97. The van der Waals surface area contributed by atoms with E-state index >= 15 is 0 Å². The van der Waals surface area contributed by atoms with E-state index in [4.69, 9.17) is 0 Å². The molecule has 0 aromatic rings. The fourth-order valence-corrected chi connectivity index (χ4v) is 2.66. The number of ketones is 1. The molecule has 0 aromatic carbocycles. The van der Waals surface area contributed by atoms with Crippen LogP contribution in [0.5, 0.6) is 0 Å². The molecule has 108 valence electrons. The number of nitrogens with one attached hydrogen (secondary N) is 1. The summed E-state index contributed by atoms with van der Waals surface area (Å²) < 4.78 is 0. The molecule has 1 saturated carbocycles. The first kappa shape index (κ1) is 15.9. The van der Waals surface area contributed by atoms with Gasteiger partial charge in [-0.1, -0.05) is 25.3 Å². The summed E-state index contributed by atoms with van der Waals surface area (Å²) in [5.74, 6) is 0.382. The van der Waals surface area contributed by atoms with Gasteiger partial charge in [-0.3, -0.25) is 9.59 Å². The van der Waals surface area contributed by atoms with Crippen LogP contribution in [0, 0.1) is 5.92 Å². The SMILES string of the molecule is C=CCN(C[C@H](NC)C(C)=O)C(=O)C1CCCCC1. The van der Waals surface area contributed by atoms with Gasteiger partial charge >= 0.3 is 0 Å². The molecule has 1 aliphatic carbocycles. The van der Waals surface area contributed by atoms with E-state index in [0.29, 0.717) is 13.1 Å². The Morgan fingerprint density at radius 1 is 1.37 bits per heavy atom. The van der Waals surface area contributed by atoms with Crippen molar-refractivity contribution in [3.63, 3.8) is 0 Å². The largest absolute Gasteiger partial charge is 0.337 e. The summed E-state index contributed by atoms with van der Waals surface area (Å²) in [7, 11) is 1.75. The molecule has 0 aliphatic heterocycles. The molecule has 0 aromatic heterocycles. The molecule has 4 nitrogen and oxygen atoms in total. The molecule has 1 atom stereocenters. The normalized spacial score (nSPS) is 17.8. The van der Waals surface area contributed by atoms with Crippen molar-refractivity contribution in [2.45, 2.75) is 45.1 Å². The number of Topliss-reactive ketones (excluding diaryl/α,β-unsaturated/α-hetero) is 1. The molecule has 1 aliphatic rings. The highest BCUT2D eigenvalue weighted by Gasteiger charge is 2.27. The van der Waals surface area contributed by atoms with Crippen LogP contribution >= 0.6 is 0 Å². The van der Waals surface area contributed by atoms with E-state index in [-0.39, 0.29) is 23.7 Å². The van der Waals surface area contributed by atoms with E-state index in [9.17, 15) is 9.59 Å². The lowest BCUT2D eigenvalue weighted by molar-refractivity contribution is -0.136. The first-order valence-corrected chi connectivity index (χ1v) is 7.17. The lowest BCUT2D eigenvalue weighted by Crippen LogP contribution is -2.48. The summed E-state index contributed by atoms with van der Waals surface area (Å²) in [6, 6.07) is -0.285. The van der Waals surface area contributed by atoms with Gasteiger partial charge in [0.1, 0.15) is 5.78 Å². The molecule has 0 bridgehead atoms. The number of hydrogen-bond acceptors (Lipinski definition) is 3. The Morgan fingerprint density at radius 3 is 2.47 bits per heavy atom. The van der Waals surface area contributed by atoms with Gasteiger partial charge in [0.05, 0.1) is 6.04 Å². The highest BCUT2D eigenvalue weighted by Crippen LogP contribution is 2.25. The number of carbonyl (C=O) groups excluding carboxylic acids is 2. The van der Waals surface area contributed by atoms with Crippen molar-refractivity contribution in [1.29, 1.82) is 0 Å². The molecule has 0 spiro atoms. The second kappa shape index (κ2) is 8.10. The van der Waals surface area contributed by atoms with E-state index in [1.54, 1.807) is 24.9 Å². The minimum absolute atomic E-state index is 0.0630. The highest BCUT2D eigenvalue weighted by atomic mass is 16.2. The molecule has 1 N–H and O–H groups in total. The predicted molar refractivity (Wildman–Crippen MR) is 76.9 cm³/mol. The standard InChI is InChI=1S/C15H26N2O2/c1-4-10-17(11-14(16-3)12(2)18)15(19)13-8-6-5-7-9-13/h4,13-14,16H,1,5-11H2,2-3H3/t14-/m0/s1. The zero-order chi connectivity index (χ0) is 14.3. The van der Waals surface area contributed by atoms with Gasteiger partial charge in [0.15, 0.2) is 0 Å². The minimum atomic E-state index is -0.285. The average Bonchev–Trinajstić information content (AvgIpc) is 2.43. The minimum Gasteiger partial charge on any atom is -0.337 e. The smallest absolute Gasteiger partial charge is 0.226 e. The van der Waals surface area contributed by atoms with Gasteiger partial charge in [0, 0.05) is 19.0 Å². The summed E-state index contributed by atoms with van der Waals surface area (Å²) >= 11 is 0. The van der Waals surface area contributed by atoms with Crippen molar-refractivity contribution in [1.82, 2.24) is 10.2 Å². The third kappa shape index (κ3) is 4.78. The maximum atomic E-state index is 12.5. The fraction of sp³-hybridized carbons (Fsp3) is 0.733. The van der Waals surface area contributed by atoms with Crippen LogP contribution in [0.3, 0.4) is 0 Å². The van der Waals surface area contributed by atoms with Crippen LogP contribution in [0.4, 0.5) is 0 Å². The molecule has 4 heteroatoms. The molecular weight excluding hydrogens is 240 g/mol.